The summed E-state index contributed by atoms with van der Waals surface area (Å²) in [6, 6.07) is 14.6. The fourth-order valence-electron chi connectivity index (χ4n) is 2.49. The van der Waals surface area contributed by atoms with Gasteiger partial charge in [-0.1, -0.05) is 36.4 Å². The zero-order chi connectivity index (χ0) is 18.4. The van der Waals surface area contributed by atoms with Crippen LogP contribution in [0.1, 0.15) is 35.1 Å². The van der Waals surface area contributed by atoms with Gasteiger partial charge in [-0.05, 0) is 30.9 Å². The highest BCUT2D eigenvalue weighted by molar-refractivity contribution is 7.10. The maximum Gasteiger partial charge on any atom is 0.192 e. The predicted molar refractivity (Wildman–Crippen MR) is 106 cm³/mol. The minimum Gasteiger partial charge on any atom is -0.349 e. The van der Waals surface area contributed by atoms with Crippen molar-refractivity contribution < 1.29 is 0 Å². The average Bonchev–Trinajstić information content (AvgIpc) is 3.30. The van der Waals surface area contributed by atoms with E-state index in [1.54, 1.807) is 11.3 Å². The normalized spacial score (nSPS) is 12.8. The van der Waals surface area contributed by atoms with E-state index in [9.17, 15) is 0 Å². The summed E-state index contributed by atoms with van der Waals surface area (Å²) in [6.07, 6.45) is 0. The zero-order valence-electron chi connectivity index (χ0n) is 15.3. The molecule has 2 N–H and O–H groups in total. The highest BCUT2D eigenvalue weighted by Crippen LogP contribution is 2.18. The van der Waals surface area contributed by atoms with Gasteiger partial charge in [0.25, 0.3) is 0 Å². The molecule has 7 heteroatoms. The molecule has 0 fully saturated rings. The lowest BCUT2D eigenvalue weighted by Gasteiger charge is -2.17. The molecule has 1 aromatic carbocycles. The first-order valence-electron chi connectivity index (χ1n) is 8.60. The Labute approximate surface area is 158 Å². The van der Waals surface area contributed by atoms with E-state index in [1.807, 2.05) is 36.7 Å². The largest absolute Gasteiger partial charge is 0.349 e. The Kier molecular flexibility index (Phi) is 6.01. The number of nitrogens with one attached hydrogen (secondary N) is 2. The van der Waals surface area contributed by atoms with Crippen LogP contribution in [-0.4, -0.2) is 20.7 Å². The number of thiophene rings is 1. The van der Waals surface area contributed by atoms with Crippen LogP contribution < -0.4 is 10.6 Å². The molecule has 1 atom stereocenters. The molecule has 0 amide bonds. The van der Waals surface area contributed by atoms with Crippen LogP contribution in [0.3, 0.4) is 0 Å². The summed E-state index contributed by atoms with van der Waals surface area (Å²) >= 11 is 1.74. The number of aryl methyl sites for hydroxylation is 1. The summed E-state index contributed by atoms with van der Waals surface area (Å²) in [4.78, 5) is 6.01. The molecule has 26 heavy (non-hydrogen) atoms. The van der Waals surface area contributed by atoms with Crippen molar-refractivity contribution in [2.45, 2.75) is 33.0 Å². The molecule has 0 saturated carbocycles. The zero-order valence-corrected chi connectivity index (χ0v) is 16.1. The molecule has 0 aliphatic heterocycles. The van der Waals surface area contributed by atoms with Crippen LogP contribution in [0.5, 0.6) is 0 Å². The monoisotopic (exact) mass is 368 g/mol. The Bertz CT molecular complexity index is 838. The molecule has 0 bridgehead atoms. The van der Waals surface area contributed by atoms with E-state index < -0.39 is 0 Å². The molecule has 0 aliphatic carbocycles. The quantitative estimate of drug-likeness (QED) is 0.518. The molecule has 3 aromatic rings. The first-order valence-corrected chi connectivity index (χ1v) is 9.48. The maximum absolute atomic E-state index is 4.74. The molecule has 6 nitrogen and oxygen atoms in total. The second kappa shape index (κ2) is 8.62. The molecule has 0 saturated heterocycles. The van der Waals surface area contributed by atoms with Gasteiger partial charge in [0.1, 0.15) is 5.82 Å². The maximum atomic E-state index is 4.74. The number of aromatic nitrogens is 3. The van der Waals surface area contributed by atoms with Crippen LogP contribution in [0.2, 0.25) is 0 Å². The number of hydrogen-bond donors (Lipinski definition) is 2. The number of aliphatic imine (C=N–C) groups is 1. The second-order valence-corrected chi connectivity index (χ2v) is 7.09. The van der Waals surface area contributed by atoms with Crippen molar-refractivity contribution in [2.24, 2.45) is 12.0 Å². The van der Waals surface area contributed by atoms with Crippen molar-refractivity contribution >= 4 is 17.3 Å². The molecule has 1 unspecified atom stereocenters. The van der Waals surface area contributed by atoms with Crippen LogP contribution in [0, 0.1) is 6.92 Å². The first kappa shape index (κ1) is 18.1. The topological polar surface area (TPSA) is 67.1 Å². The smallest absolute Gasteiger partial charge is 0.192 e. The third-order valence-electron chi connectivity index (χ3n) is 4.18. The van der Waals surface area contributed by atoms with Crippen molar-refractivity contribution in [2.75, 3.05) is 0 Å². The fourth-order valence-corrected chi connectivity index (χ4v) is 3.22. The summed E-state index contributed by atoms with van der Waals surface area (Å²) in [5, 5.41) is 17.2. The third kappa shape index (κ3) is 4.70. The van der Waals surface area contributed by atoms with Crippen molar-refractivity contribution in [3.8, 4) is 0 Å². The number of hydrogen-bond acceptors (Lipinski definition) is 4. The molecule has 0 aliphatic rings. The van der Waals surface area contributed by atoms with E-state index >= 15 is 0 Å². The van der Waals surface area contributed by atoms with Gasteiger partial charge >= 0.3 is 0 Å². The van der Waals surface area contributed by atoms with Gasteiger partial charge in [0.05, 0.1) is 19.1 Å². The van der Waals surface area contributed by atoms with E-state index in [2.05, 4.69) is 57.4 Å². The summed E-state index contributed by atoms with van der Waals surface area (Å²) in [7, 11) is 1.97. The van der Waals surface area contributed by atoms with E-state index in [4.69, 9.17) is 4.99 Å². The van der Waals surface area contributed by atoms with Gasteiger partial charge in [-0.25, -0.2) is 4.99 Å². The van der Waals surface area contributed by atoms with Crippen LogP contribution >= 0.6 is 11.3 Å². The number of benzene rings is 1. The predicted octanol–water partition coefficient (Wildman–Crippen LogP) is 3.18. The first-order chi connectivity index (χ1) is 12.6. The molecule has 2 aromatic heterocycles. The molecular weight excluding hydrogens is 344 g/mol. The van der Waals surface area contributed by atoms with Crippen LogP contribution in [0.15, 0.2) is 52.8 Å². The number of nitrogens with zero attached hydrogens (tertiary/aromatic N) is 4. The third-order valence-corrected chi connectivity index (χ3v) is 5.24. The lowest BCUT2D eigenvalue weighted by atomic mass is 10.2. The fraction of sp³-hybridized carbons (Fsp3) is 0.316. The van der Waals surface area contributed by atoms with Gasteiger partial charge in [0, 0.05) is 11.9 Å². The highest BCUT2D eigenvalue weighted by atomic mass is 32.1. The lowest BCUT2D eigenvalue weighted by Crippen LogP contribution is -2.38. The Morgan fingerprint density at radius 1 is 1.19 bits per heavy atom. The van der Waals surface area contributed by atoms with Gasteiger partial charge in [-0.2, -0.15) is 0 Å². The minimum atomic E-state index is 0.179. The second-order valence-electron chi connectivity index (χ2n) is 6.11. The average molecular weight is 369 g/mol. The summed E-state index contributed by atoms with van der Waals surface area (Å²) < 4.78 is 1.98. The molecule has 2 heterocycles. The minimum absolute atomic E-state index is 0.179. The Morgan fingerprint density at radius 2 is 2.00 bits per heavy atom. The standard InChI is InChI=1S/C19H24N6S/c1-14(17-10-7-11-26-17)22-19(20-12-16-8-5-4-6-9-16)21-13-18-24-23-15(2)25(18)3/h4-11,14H,12-13H2,1-3H3,(H2,20,21,22). The van der Waals surface area contributed by atoms with Gasteiger partial charge < -0.3 is 15.2 Å². The van der Waals surface area contributed by atoms with Gasteiger partial charge in [-0.3, -0.25) is 0 Å². The molecule has 136 valence electrons. The van der Waals surface area contributed by atoms with E-state index in [0.29, 0.717) is 13.1 Å². The SMILES string of the molecule is Cc1nnc(CNC(=NCc2ccccc2)NC(C)c2cccs2)n1C. The van der Waals surface area contributed by atoms with E-state index in [1.165, 1.54) is 10.4 Å². The summed E-state index contributed by atoms with van der Waals surface area (Å²) in [6.45, 7) is 5.26. The molecule has 0 spiro atoms. The van der Waals surface area contributed by atoms with Gasteiger partial charge in [0.15, 0.2) is 11.8 Å². The molecule has 0 radical (unpaired) electrons. The number of rotatable bonds is 6. The van der Waals surface area contributed by atoms with Crippen LogP contribution in [-0.2, 0) is 20.1 Å². The van der Waals surface area contributed by atoms with E-state index in [0.717, 1.165) is 17.6 Å². The highest BCUT2D eigenvalue weighted by Gasteiger charge is 2.11. The van der Waals surface area contributed by atoms with Crippen molar-refractivity contribution in [1.82, 2.24) is 25.4 Å². The summed E-state index contributed by atoms with van der Waals surface area (Å²) in [5.41, 5.74) is 1.17. The Hall–Kier alpha value is -2.67. The molecular formula is C19H24N6S. The Balaban J connectivity index is 1.70. The van der Waals surface area contributed by atoms with Gasteiger partial charge in [-0.15, -0.1) is 21.5 Å². The van der Waals surface area contributed by atoms with Crippen molar-refractivity contribution in [3.05, 3.63) is 69.9 Å². The number of guanidine groups is 1. The van der Waals surface area contributed by atoms with Crippen molar-refractivity contribution in [1.29, 1.82) is 0 Å². The summed E-state index contributed by atoms with van der Waals surface area (Å²) in [5.74, 6) is 2.53. The van der Waals surface area contributed by atoms with E-state index in [-0.39, 0.29) is 6.04 Å². The van der Waals surface area contributed by atoms with Crippen LogP contribution in [0.25, 0.3) is 0 Å². The molecule has 3 rings (SSSR count). The Morgan fingerprint density at radius 3 is 2.65 bits per heavy atom. The van der Waals surface area contributed by atoms with Crippen molar-refractivity contribution in [3.63, 3.8) is 0 Å². The van der Waals surface area contributed by atoms with Crippen LogP contribution in [0.4, 0.5) is 0 Å². The van der Waals surface area contributed by atoms with Gasteiger partial charge in [0.2, 0.25) is 0 Å². The lowest BCUT2D eigenvalue weighted by molar-refractivity contribution is 0.671.